The van der Waals surface area contributed by atoms with Crippen LogP contribution in [-0.4, -0.2) is 15.0 Å². The first-order valence-electron chi connectivity index (χ1n) is 18.7. The second-order valence-corrected chi connectivity index (χ2v) is 16.1. The van der Waals surface area contributed by atoms with Gasteiger partial charge in [-0.05, 0) is 51.6 Å². The van der Waals surface area contributed by atoms with Crippen LogP contribution < -0.4 is 0 Å². The van der Waals surface area contributed by atoms with Gasteiger partial charge in [0.15, 0.2) is 17.5 Å². The van der Waals surface area contributed by atoms with E-state index in [2.05, 4.69) is 164 Å². The van der Waals surface area contributed by atoms with Crippen LogP contribution in [0.15, 0.2) is 188 Å². The minimum atomic E-state index is 0.651. The van der Waals surface area contributed by atoms with Gasteiger partial charge in [-0.15, -0.1) is 22.7 Å². The van der Waals surface area contributed by atoms with Crippen LogP contribution in [0.2, 0.25) is 0 Å². The first-order valence-corrected chi connectivity index (χ1v) is 20.3. The van der Waals surface area contributed by atoms with E-state index in [1.54, 1.807) is 0 Å². The molecule has 0 amide bonds. The van der Waals surface area contributed by atoms with Crippen molar-refractivity contribution in [3.8, 4) is 67.5 Å². The molecule has 5 heteroatoms. The SMILES string of the molecule is c1ccc(-c2ccc(-c3nc(-c4ccccc4)nc(-c4cccc5sc6cc(-c7ccc(-c8ccccc8)c8c7sc7ccccc78)ccc6c45)n3)cc2)cc1. The maximum Gasteiger partial charge on any atom is 0.164 e. The number of thiophene rings is 2. The zero-order valence-corrected chi connectivity index (χ0v) is 31.7. The summed E-state index contributed by atoms with van der Waals surface area (Å²) in [5, 5.41) is 5.00. The zero-order chi connectivity index (χ0) is 37.0. The second kappa shape index (κ2) is 13.5. The fourth-order valence-electron chi connectivity index (χ4n) is 7.88. The molecule has 0 radical (unpaired) electrons. The smallest absolute Gasteiger partial charge is 0.164 e. The van der Waals surface area contributed by atoms with Gasteiger partial charge in [0, 0.05) is 57.0 Å². The molecular weight excluding hydrogens is 719 g/mol. The summed E-state index contributed by atoms with van der Waals surface area (Å²) in [4.78, 5) is 15.3. The highest BCUT2D eigenvalue weighted by Gasteiger charge is 2.19. The second-order valence-electron chi connectivity index (χ2n) is 13.9. The molecule has 0 N–H and O–H groups in total. The molecule has 56 heavy (non-hydrogen) atoms. The van der Waals surface area contributed by atoms with E-state index in [0.29, 0.717) is 17.5 Å². The van der Waals surface area contributed by atoms with E-state index in [1.807, 2.05) is 46.9 Å². The van der Waals surface area contributed by atoms with Crippen LogP contribution in [-0.2, 0) is 0 Å². The normalized spacial score (nSPS) is 11.6. The van der Waals surface area contributed by atoms with Crippen molar-refractivity contribution in [1.82, 2.24) is 15.0 Å². The Morgan fingerprint density at radius 1 is 0.286 bits per heavy atom. The molecule has 3 heterocycles. The number of rotatable bonds is 6. The first-order chi connectivity index (χ1) is 27.7. The van der Waals surface area contributed by atoms with Crippen molar-refractivity contribution in [2.75, 3.05) is 0 Å². The number of nitrogens with zero attached hydrogens (tertiary/aromatic N) is 3. The van der Waals surface area contributed by atoms with E-state index in [4.69, 9.17) is 15.0 Å². The summed E-state index contributed by atoms with van der Waals surface area (Å²) >= 11 is 3.70. The Kier molecular flexibility index (Phi) is 7.87. The molecule has 0 aliphatic heterocycles. The predicted molar refractivity (Wildman–Crippen MR) is 238 cm³/mol. The molecule has 0 atom stereocenters. The average molecular weight is 750 g/mol. The molecule has 0 aliphatic rings. The van der Waals surface area contributed by atoms with Gasteiger partial charge in [0.1, 0.15) is 0 Å². The minimum absolute atomic E-state index is 0.651. The summed E-state index contributed by atoms with van der Waals surface area (Å²) in [6.07, 6.45) is 0. The summed E-state index contributed by atoms with van der Waals surface area (Å²) in [7, 11) is 0. The van der Waals surface area contributed by atoms with Crippen LogP contribution in [0.25, 0.3) is 108 Å². The fraction of sp³-hybridized carbons (Fsp3) is 0. The van der Waals surface area contributed by atoms with Crippen LogP contribution in [0.1, 0.15) is 0 Å². The van der Waals surface area contributed by atoms with Gasteiger partial charge in [-0.25, -0.2) is 15.0 Å². The van der Waals surface area contributed by atoms with Crippen molar-refractivity contribution in [2.24, 2.45) is 0 Å². The number of hydrogen-bond acceptors (Lipinski definition) is 5. The summed E-state index contributed by atoms with van der Waals surface area (Å²) in [6.45, 7) is 0. The largest absolute Gasteiger partial charge is 0.208 e. The quantitative estimate of drug-likeness (QED) is 0.170. The molecule has 0 saturated heterocycles. The summed E-state index contributed by atoms with van der Waals surface area (Å²) in [6, 6.07) is 66.7. The number of benzene rings is 8. The summed E-state index contributed by atoms with van der Waals surface area (Å²) in [5.41, 5.74) is 10.2. The van der Waals surface area contributed by atoms with Gasteiger partial charge in [0.25, 0.3) is 0 Å². The highest BCUT2D eigenvalue weighted by molar-refractivity contribution is 7.26. The van der Waals surface area contributed by atoms with Crippen molar-refractivity contribution in [1.29, 1.82) is 0 Å². The van der Waals surface area contributed by atoms with E-state index in [1.165, 1.54) is 68.2 Å². The van der Waals surface area contributed by atoms with Gasteiger partial charge < -0.3 is 0 Å². The highest BCUT2D eigenvalue weighted by Crippen LogP contribution is 2.47. The maximum atomic E-state index is 5.18. The monoisotopic (exact) mass is 749 g/mol. The van der Waals surface area contributed by atoms with Crippen LogP contribution >= 0.6 is 22.7 Å². The molecule has 8 aromatic carbocycles. The number of fused-ring (bicyclic) bond motifs is 6. The summed E-state index contributed by atoms with van der Waals surface area (Å²) < 4.78 is 5.06. The molecule has 11 rings (SSSR count). The Balaban J connectivity index is 1.06. The van der Waals surface area contributed by atoms with Crippen molar-refractivity contribution in [3.05, 3.63) is 188 Å². The average Bonchev–Trinajstić information content (AvgIpc) is 3.86. The molecule has 11 aromatic rings. The van der Waals surface area contributed by atoms with Gasteiger partial charge in [-0.2, -0.15) is 0 Å². The molecule has 0 aliphatic carbocycles. The Morgan fingerprint density at radius 3 is 1.57 bits per heavy atom. The van der Waals surface area contributed by atoms with Crippen LogP contribution in [0, 0.1) is 0 Å². The molecule has 0 unspecified atom stereocenters. The van der Waals surface area contributed by atoms with Crippen LogP contribution in [0.5, 0.6) is 0 Å². The zero-order valence-electron chi connectivity index (χ0n) is 30.1. The van der Waals surface area contributed by atoms with E-state index in [0.717, 1.165) is 22.3 Å². The van der Waals surface area contributed by atoms with Crippen molar-refractivity contribution >= 4 is 63.0 Å². The Morgan fingerprint density at radius 2 is 0.821 bits per heavy atom. The van der Waals surface area contributed by atoms with Crippen molar-refractivity contribution in [3.63, 3.8) is 0 Å². The molecule has 3 aromatic heterocycles. The topological polar surface area (TPSA) is 38.7 Å². The molecule has 262 valence electrons. The first kappa shape index (κ1) is 32.6. The third kappa shape index (κ3) is 5.60. The lowest BCUT2D eigenvalue weighted by atomic mass is 9.94. The minimum Gasteiger partial charge on any atom is -0.208 e. The van der Waals surface area contributed by atoms with E-state index >= 15 is 0 Å². The Labute approximate surface area is 331 Å². The number of aromatic nitrogens is 3. The molecule has 0 bridgehead atoms. The maximum absolute atomic E-state index is 5.18. The van der Waals surface area contributed by atoms with Crippen molar-refractivity contribution in [2.45, 2.75) is 0 Å². The molecular formula is C51H31N3S2. The standard InChI is InChI=1S/C51H31N3S2/c1-4-13-32(14-5-1)33-23-25-36(26-24-33)50-52-49(35-17-8-3-9-18-35)53-51(54-50)42-20-12-22-44-46(42)41-28-27-37(31-45(41)55-44)39-30-29-38(34-15-6-2-7-16-34)47-40-19-10-11-21-43(40)56-48(39)47/h1-31H. The third-order valence-electron chi connectivity index (χ3n) is 10.6. The van der Waals surface area contributed by atoms with E-state index < -0.39 is 0 Å². The van der Waals surface area contributed by atoms with Gasteiger partial charge in [-0.1, -0.05) is 170 Å². The van der Waals surface area contributed by atoms with Crippen LogP contribution in [0.3, 0.4) is 0 Å². The van der Waals surface area contributed by atoms with Crippen LogP contribution in [0.4, 0.5) is 0 Å². The predicted octanol–water partition coefficient (Wildman–Crippen LogP) is 14.6. The van der Waals surface area contributed by atoms with Gasteiger partial charge >= 0.3 is 0 Å². The van der Waals surface area contributed by atoms with Gasteiger partial charge in [-0.3, -0.25) is 0 Å². The lowest BCUT2D eigenvalue weighted by Crippen LogP contribution is -2.00. The molecule has 3 nitrogen and oxygen atoms in total. The van der Waals surface area contributed by atoms with E-state index in [9.17, 15) is 0 Å². The van der Waals surface area contributed by atoms with Gasteiger partial charge in [0.05, 0.1) is 0 Å². The lowest BCUT2D eigenvalue weighted by Gasteiger charge is -2.11. The van der Waals surface area contributed by atoms with Gasteiger partial charge in [0.2, 0.25) is 0 Å². The highest BCUT2D eigenvalue weighted by atomic mass is 32.1. The molecule has 0 spiro atoms. The Hall–Kier alpha value is -6.79. The van der Waals surface area contributed by atoms with E-state index in [-0.39, 0.29) is 0 Å². The molecule has 0 fully saturated rings. The third-order valence-corrected chi connectivity index (χ3v) is 12.9. The Bertz CT molecular complexity index is 3220. The summed E-state index contributed by atoms with van der Waals surface area (Å²) in [5.74, 6) is 1.97. The molecule has 0 saturated carbocycles. The lowest BCUT2D eigenvalue weighted by molar-refractivity contribution is 1.08. The van der Waals surface area contributed by atoms with Crippen molar-refractivity contribution < 1.29 is 0 Å². The fourth-order valence-corrected chi connectivity index (χ4v) is 10.3. The number of hydrogen-bond donors (Lipinski definition) is 0.